The molecule has 6 heteroatoms. The number of carboxylic acid groups (broad SMARTS) is 1. The zero-order valence-corrected chi connectivity index (χ0v) is 13.6. The fraction of sp³-hybridized carbons (Fsp3) is 0.250. The number of benzene rings is 1. The molecule has 0 aliphatic carbocycles. The van der Waals surface area contributed by atoms with Crippen molar-refractivity contribution in [2.75, 3.05) is 0 Å². The Balaban J connectivity index is 1.80. The number of carboxylic acids is 1. The molecule has 1 aromatic heterocycles. The predicted molar refractivity (Wildman–Crippen MR) is 84.7 cm³/mol. The van der Waals surface area contributed by atoms with E-state index in [4.69, 9.17) is 9.52 Å². The maximum atomic E-state index is 11.8. The van der Waals surface area contributed by atoms with E-state index in [9.17, 15) is 9.59 Å². The largest absolute Gasteiger partial charge is 0.475 e. The van der Waals surface area contributed by atoms with Crippen LogP contribution < -0.4 is 5.32 Å². The highest BCUT2D eigenvalue weighted by atomic mass is 79.9. The molecule has 2 aromatic rings. The van der Waals surface area contributed by atoms with Crippen molar-refractivity contribution in [1.29, 1.82) is 0 Å². The van der Waals surface area contributed by atoms with Crippen molar-refractivity contribution in [2.45, 2.75) is 26.3 Å². The molecule has 2 N–H and O–H groups in total. The average molecular weight is 366 g/mol. The normalized spacial score (nSPS) is 10.5. The summed E-state index contributed by atoms with van der Waals surface area (Å²) < 4.78 is 6.12. The van der Waals surface area contributed by atoms with Gasteiger partial charge in [-0.1, -0.05) is 28.1 Å². The highest BCUT2D eigenvalue weighted by Gasteiger charge is 2.10. The van der Waals surface area contributed by atoms with Gasteiger partial charge in [-0.15, -0.1) is 0 Å². The first kappa shape index (κ1) is 16.3. The summed E-state index contributed by atoms with van der Waals surface area (Å²) in [7, 11) is 0. The second-order valence-corrected chi connectivity index (χ2v) is 5.79. The van der Waals surface area contributed by atoms with Gasteiger partial charge in [-0.05, 0) is 42.7 Å². The third-order valence-corrected chi connectivity index (χ3v) is 4.09. The number of rotatable bonds is 6. The van der Waals surface area contributed by atoms with Crippen molar-refractivity contribution in [3.8, 4) is 0 Å². The lowest BCUT2D eigenvalue weighted by molar-refractivity contribution is -0.121. The Morgan fingerprint density at radius 3 is 2.68 bits per heavy atom. The van der Waals surface area contributed by atoms with Crippen molar-refractivity contribution in [3.05, 3.63) is 57.5 Å². The van der Waals surface area contributed by atoms with Crippen LogP contribution in [0.1, 0.15) is 33.9 Å². The zero-order valence-electron chi connectivity index (χ0n) is 12.1. The Morgan fingerprint density at radius 1 is 1.27 bits per heavy atom. The summed E-state index contributed by atoms with van der Waals surface area (Å²) >= 11 is 3.44. The number of halogens is 1. The van der Waals surface area contributed by atoms with Gasteiger partial charge in [0, 0.05) is 10.9 Å². The van der Waals surface area contributed by atoms with Crippen LogP contribution in [0.4, 0.5) is 0 Å². The monoisotopic (exact) mass is 365 g/mol. The molecule has 0 saturated carbocycles. The Morgan fingerprint density at radius 2 is 2.05 bits per heavy atom. The smallest absolute Gasteiger partial charge is 0.371 e. The zero-order chi connectivity index (χ0) is 16.1. The first-order valence-corrected chi connectivity index (χ1v) is 7.59. The van der Waals surface area contributed by atoms with Gasteiger partial charge < -0.3 is 14.8 Å². The Hall–Kier alpha value is -2.08. The Kier molecular flexibility index (Phi) is 5.38. The molecule has 0 aliphatic heterocycles. The lowest BCUT2D eigenvalue weighted by Crippen LogP contribution is -2.22. The lowest BCUT2D eigenvalue weighted by Gasteiger charge is -2.05. The first-order valence-electron chi connectivity index (χ1n) is 6.79. The van der Waals surface area contributed by atoms with Crippen LogP contribution in [0.3, 0.4) is 0 Å². The third kappa shape index (κ3) is 4.46. The van der Waals surface area contributed by atoms with Gasteiger partial charge in [0.15, 0.2) is 0 Å². The molecule has 0 radical (unpaired) electrons. The topological polar surface area (TPSA) is 79.5 Å². The van der Waals surface area contributed by atoms with Crippen LogP contribution in [0.15, 0.2) is 39.2 Å². The summed E-state index contributed by atoms with van der Waals surface area (Å²) in [5, 5.41) is 11.5. The molecule has 1 heterocycles. The second kappa shape index (κ2) is 7.26. The summed E-state index contributed by atoms with van der Waals surface area (Å²) in [5.74, 6) is -0.933. The van der Waals surface area contributed by atoms with Gasteiger partial charge in [0.2, 0.25) is 11.7 Å². The maximum absolute atomic E-state index is 11.8. The predicted octanol–water partition coefficient (Wildman–Crippen LogP) is 3.30. The van der Waals surface area contributed by atoms with Gasteiger partial charge in [-0.2, -0.15) is 0 Å². The van der Waals surface area contributed by atoms with Gasteiger partial charge in [-0.25, -0.2) is 4.79 Å². The van der Waals surface area contributed by atoms with Crippen molar-refractivity contribution >= 4 is 27.8 Å². The quantitative estimate of drug-likeness (QED) is 0.822. The van der Waals surface area contributed by atoms with Crippen LogP contribution in [0.2, 0.25) is 0 Å². The molecule has 1 amide bonds. The molecule has 0 bridgehead atoms. The molecular formula is C16H16BrNO4. The van der Waals surface area contributed by atoms with E-state index in [1.807, 2.05) is 25.1 Å². The van der Waals surface area contributed by atoms with Gasteiger partial charge in [0.1, 0.15) is 5.76 Å². The summed E-state index contributed by atoms with van der Waals surface area (Å²) in [6, 6.07) is 8.91. The van der Waals surface area contributed by atoms with Crippen LogP contribution in [-0.2, 0) is 17.8 Å². The molecule has 116 valence electrons. The van der Waals surface area contributed by atoms with Crippen LogP contribution in [-0.4, -0.2) is 17.0 Å². The number of carbonyl (C=O) groups excluding carboxylic acids is 1. The highest BCUT2D eigenvalue weighted by molar-refractivity contribution is 9.10. The molecule has 2 rings (SSSR count). The van der Waals surface area contributed by atoms with Gasteiger partial charge in [0.05, 0.1) is 6.54 Å². The fourth-order valence-electron chi connectivity index (χ4n) is 1.98. The molecule has 0 spiro atoms. The fourth-order valence-corrected chi connectivity index (χ4v) is 2.23. The van der Waals surface area contributed by atoms with Crippen LogP contribution in [0, 0.1) is 6.92 Å². The minimum atomic E-state index is -1.12. The number of carbonyl (C=O) groups is 2. The number of amides is 1. The van der Waals surface area contributed by atoms with Crippen molar-refractivity contribution in [1.82, 2.24) is 5.32 Å². The van der Waals surface area contributed by atoms with Crippen LogP contribution in [0.25, 0.3) is 0 Å². The third-order valence-electron chi connectivity index (χ3n) is 3.20. The number of furan rings is 1. The summed E-state index contributed by atoms with van der Waals surface area (Å²) in [5.41, 5.74) is 2.23. The molecule has 22 heavy (non-hydrogen) atoms. The maximum Gasteiger partial charge on any atom is 0.371 e. The summed E-state index contributed by atoms with van der Waals surface area (Å²) in [6.07, 6.45) is 1.02. The van der Waals surface area contributed by atoms with E-state index in [0.29, 0.717) is 18.6 Å². The molecule has 1 aromatic carbocycles. The molecule has 0 unspecified atom stereocenters. The standard InChI is InChI=1S/C16H16BrNO4/c1-10-8-11(2-5-13(10)17)3-7-15(19)18-9-12-4-6-14(22-12)16(20)21/h2,4-6,8H,3,7,9H2,1H3,(H,18,19)(H,20,21). The highest BCUT2D eigenvalue weighted by Crippen LogP contribution is 2.18. The molecule has 0 saturated heterocycles. The van der Waals surface area contributed by atoms with Crippen molar-refractivity contribution in [2.24, 2.45) is 0 Å². The number of hydrogen-bond donors (Lipinski definition) is 2. The van der Waals surface area contributed by atoms with Crippen LogP contribution >= 0.6 is 15.9 Å². The summed E-state index contributed by atoms with van der Waals surface area (Å²) in [6.45, 7) is 2.19. The van der Waals surface area contributed by atoms with E-state index in [1.165, 1.54) is 6.07 Å². The molecular weight excluding hydrogens is 350 g/mol. The average Bonchev–Trinajstić information content (AvgIpc) is 2.95. The van der Waals surface area contributed by atoms with Crippen molar-refractivity contribution < 1.29 is 19.1 Å². The molecule has 0 atom stereocenters. The minimum absolute atomic E-state index is 0.103. The van der Waals surface area contributed by atoms with Crippen molar-refractivity contribution in [3.63, 3.8) is 0 Å². The Labute approximate surface area is 136 Å². The van der Waals surface area contributed by atoms with E-state index < -0.39 is 5.97 Å². The Bertz CT molecular complexity index is 693. The van der Waals surface area contributed by atoms with Gasteiger partial charge >= 0.3 is 5.97 Å². The number of aromatic carboxylic acids is 1. The van der Waals surface area contributed by atoms with Gasteiger partial charge in [-0.3, -0.25) is 4.79 Å². The minimum Gasteiger partial charge on any atom is -0.475 e. The second-order valence-electron chi connectivity index (χ2n) is 4.93. The van der Waals surface area contributed by atoms with E-state index in [-0.39, 0.29) is 18.2 Å². The van der Waals surface area contributed by atoms with Gasteiger partial charge in [0.25, 0.3) is 0 Å². The SMILES string of the molecule is Cc1cc(CCC(=O)NCc2ccc(C(=O)O)o2)ccc1Br. The van der Waals surface area contributed by atoms with Crippen LogP contribution in [0.5, 0.6) is 0 Å². The number of nitrogens with one attached hydrogen (secondary N) is 1. The van der Waals surface area contributed by atoms with E-state index in [1.54, 1.807) is 6.07 Å². The molecule has 0 aliphatic rings. The molecule has 0 fully saturated rings. The summed E-state index contributed by atoms with van der Waals surface area (Å²) in [4.78, 5) is 22.5. The van der Waals surface area contributed by atoms with E-state index in [0.717, 1.165) is 15.6 Å². The first-order chi connectivity index (χ1) is 10.5. The lowest BCUT2D eigenvalue weighted by atomic mass is 10.1. The number of aryl methyl sites for hydroxylation is 2. The molecule has 5 nitrogen and oxygen atoms in total. The number of hydrogen-bond acceptors (Lipinski definition) is 3. The van der Waals surface area contributed by atoms with E-state index in [2.05, 4.69) is 21.2 Å². The van der Waals surface area contributed by atoms with E-state index >= 15 is 0 Å².